The maximum atomic E-state index is 12.2. The number of nitrogens with one attached hydrogen (secondary N) is 1. The summed E-state index contributed by atoms with van der Waals surface area (Å²) in [6, 6.07) is 0. The topological polar surface area (TPSA) is 67.2 Å². The lowest BCUT2D eigenvalue weighted by Gasteiger charge is -2.17. The zero-order valence-corrected chi connectivity index (χ0v) is 13.4. The molecule has 0 fully saturated rings. The van der Waals surface area contributed by atoms with Gasteiger partial charge in [0.05, 0.1) is 23.9 Å². The second kappa shape index (κ2) is 7.64. The van der Waals surface area contributed by atoms with Gasteiger partial charge in [-0.05, 0) is 19.8 Å². The third-order valence-electron chi connectivity index (χ3n) is 3.68. The molecular weight excluding hydrogens is 278 g/mol. The molecule has 114 valence electrons. The molecule has 0 aromatic carbocycles. The van der Waals surface area contributed by atoms with E-state index in [0.29, 0.717) is 23.7 Å². The lowest BCUT2D eigenvalue weighted by molar-refractivity contribution is 0.0849. The van der Waals surface area contributed by atoms with E-state index in [1.165, 1.54) is 0 Å². The van der Waals surface area contributed by atoms with E-state index in [0.717, 1.165) is 12.1 Å². The summed E-state index contributed by atoms with van der Waals surface area (Å²) in [4.78, 5) is 12.2. The fourth-order valence-corrected chi connectivity index (χ4v) is 2.24. The first-order valence-corrected chi connectivity index (χ1v) is 7.52. The number of amides is 1. The Labute approximate surface area is 125 Å². The molecule has 1 aromatic rings. The largest absolute Gasteiger partial charge is 0.391 e. The lowest BCUT2D eigenvalue weighted by atomic mass is 10.0. The van der Waals surface area contributed by atoms with Gasteiger partial charge in [-0.2, -0.15) is 5.10 Å². The van der Waals surface area contributed by atoms with Crippen LogP contribution in [0.25, 0.3) is 0 Å². The van der Waals surface area contributed by atoms with Gasteiger partial charge in [0, 0.05) is 18.1 Å². The number of halogens is 1. The van der Waals surface area contributed by atoms with Gasteiger partial charge in [-0.1, -0.05) is 20.3 Å². The van der Waals surface area contributed by atoms with E-state index in [4.69, 9.17) is 11.6 Å². The number of hydrogen-bond donors (Lipinski definition) is 2. The van der Waals surface area contributed by atoms with Crippen molar-refractivity contribution in [3.63, 3.8) is 0 Å². The molecule has 6 heteroatoms. The first kappa shape index (κ1) is 17.0. The minimum atomic E-state index is -0.526. The zero-order chi connectivity index (χ0) is 15.3. The number of aliphatic hydroxyl groups excluding tert-OH is 1. The number of rotatable bonds is 7. The summed E-state index contributed by atoms with van der Waals surface area (Å²) in [7, 11) is 0. The van der Waals surface area contributed by atoms with Crippen LogP contribution in [0.2, 0.25) is 0 Å². The molecule has 0 bridgehead atoms. The Morgan fingerprint density at radius 3 is 2.70 bits per heavy atom. The minimum absolute atomic E-state index is 0.163. The molecule has 0 spiro atoms. The number of aryl methyl sites for hydroxylation is 2. The lowest BCUT2D eigenvalue weighted by Crippen LogP contribution is -2.35. The van der Waals surface area contributed by atoms with Gasteiger partial charge in [0.2, 0.25) is 0 Å². The molecule has 5 nitrogen and oxygen atoms in total. The monoisotopic (exact) mass is 301 g/mol. The highest BCUT2D eigenvalue weighted by Crippen LogP contribution is 2.13. The second-order valence-electron chi connectivity index (χ2n) is 5.12. The number of aliphatic hydroxyl groups is 1. The van der Waals surface area contributed by atoms with E-state index in [1.54, 1.807) is 11.6 Å². The van der Waals surface area contributed by atoms with Crippen molar-refractivity contribution in [2.75, 3.05) is 12.4 Å². The van der Waals surface area contributed by atoms with Gasteiger partial charge < -0.3 is 10.4 Å². The van der Waals surface area contributed by atoms with Gasteiger partial charge in [0.1, 0.15) is 0 Å². The minimum Gasteiger partial charge on any atom is -0.391 e. The first-order valence-electron chi connectivity index (χ1n) is 6.98. The van der Waals surface area contributed by atoms with Gasteiger partial charge in [-0.3, -0.25) is 9.48 Å². The third-order valence-corrected chi connectivity index (χ3v) is 3.85. The van der Waals surface area contributed by atoms with Gasteiger partial charge in [0.25, 0.3) is 5.91 Å². The highest BCUT2D eigenvalue weighted by atomic mass is 35.5. The van der Waals surface area contributed by atoms with E-state index in [2.05, 4.69) is 10.4 Å². The van der Waals surface area contributed by atoms with E-state index >= 15 is 0 Å². The normalized spacial score (nSPS) is 14.1. The molecule has 0 saturated carbocycles. The summed E-state index contributed by atoms with van der Waals surface area (Å²) in [6.45, 7) is 8.47. The Balaban J connectivity index is 2.73. The predicted octanol–water partition coefficient (Wildman–Crippen LogP) is 1.88. The third kappa shape index (κ3) is 3.96. The molecule has 0 aliphatic carbocycles. The Morgan fingerprint density at radius 2 is 2.15 bits per heavy atom. The van der Waals surface area contributed by atoms with Crippen LogP contribution in [-0.2, 0) is 6.54 Å². The molecule has 1 heterocycles. The van der Waals surface area contributed by atoms with Gasteiger partial charge in [-0.15, -0.1) is 11.6 Å². The maximum Gasteiger partial charge on any atom is 0.255 e. The van der Waals surface area contributed by atoms with Crippen LogP contribution in [0.5, 0.6) is 0 Å². The Morgan fingerprint density at radius 1 is 1.50 bits per heavy atom. The highest BCUT2D eigenvalue weighted by molar-refractivity contribution is 6.17. The number of alkyl halides is 1. The average Bonchev–Trinajstić information content (AvgIpc) is 2.70. The van der Waals surface area contributed by atoms with E-state index in [9.17, 15) is 9.90 Å². The molecule has 2 N–H and O–H groups in total. The number of carbonyl (C=O) groups is 1. The van der Waals surface area contributed by atoms with Gasteiger partial charge in [0.15, 0.2) is 0 Å². The standard InChI is InChI=1S/C14H24ClN3O2/c1-5-9(2)12(19)8-16-14(20)13-10(3)17-18(7-6-15)11(13)4/h9,12,19H,5-8H2,1-4H3,(H,16,20). The van der Waals surface area contributed by atoms with Crippen molar-refractivity contribution in [1.29, 1.82) is 0 Å². The Kier molecular flexibility index (Phi) is 6.49. The summed E-state index contributed by atoms with van der Waals surface area (Å²) in [5.41, 5.74) is 2.06. The van der Waals surface area contributed by atoms with Gasteiger partial charge in [-0.25, -0.2) is 0 Å². The van der Waals surface area contributed by atoms with Crippen molar-refractivity contribution < 1.29 is 9.90 Å². The molecule has 1 rings (SSSR count). The summed E-state index contributed by atoms with van der Waals surface area (Å²) >= 11 is 5.71. The van der Waals surface area contributed by atoms with Crippen molar-refractivity contribution in [3.8, 4) is 0 Å². The fourth-order valence-electron chi connectivity index (χ4n) is 2.08. The van der Waals surface area contributed by atoms with E-state index in [1.807, 2.05) is 20.8 Å². The van der Waals surface area contributed by atoms with Crippen molar-refractivity contribution in [3.05, 3.63) is 17.0 Å². The number of nitrogens with zero attached hydrogens (tertiary/aromatic N) is 2. The molecule has 2 atom stereocenters. The van der Waals surface area contributed by atoms with Gasteiger partial charge >= 0.3 is 0 Å². The molecule has 20 heavy (non-hydrogen) atoms. The zero-order valence-electron chi connectivity index (χ0n) is 12.6. The molecule has 2 unspecified atom stereocenters. The molecule has 0 radical (unpaired) electrons. The second-order valence-corrected chi connectivity index (χ2v) is 5.50. The van der Waals surface area contributed by atoms with Crippen LogP contribution in [0.15, 0.2) is 0 Å². The van der Waals surface area contributed by atoms with Crippen LogP contribution >= 0.6 is 11.6 Å². The summed E-state index contributed by atoms with van der Waals surface area (Å²) in [5.74, 6) is 0.426. The molecule has 1 aromatic heterocycles. The van der Waals surface area contributed by atoms with E-state index < -0.39 is 6.10 Å². The van der Waals surface area contributed by atoms with Crippen molar-refractivity contribution >= 4 is 17.5 Å². The van der Waals surface area contributed by atoms with E-state index in [-0.39, 0.29) is 18.4 Å². The Hall–Kier alpha value is -1.07. The summed E-state index contributed by atoms with van der Waals surface area (Å²) < 4.78 is 1.74. The van der Waals surface area contributed by atoms with Crippen molar-refractivity contribution in [2.24, 2.45) is 5.92 Å². The van der Waals surface area contributed by atoms with Crippen molar-refractivity contribution in [1.82, 2.24) is 15.1 Å². The molecule has 1 amide bonds. The molecule has 0 aliphatic heterocycles. The number of hydrogen-bond acceptors (Lipinski definition) is 3. The molecule has 0 saturated heterocycles. The Bertz CT molecular complexity index is 460. The van der Waals surface area contributed by atoms with Crippen LogP contribution in [0.1, 0.15) is 42.0 Å². The smallest absolute Gasteiger partial charge is 0.255 e. The maximum absolute atomic E-state index is 12.2. The summed E-state index contributed by atoms with van der Waals surface area (Å²) in [6.07, 6.45) is 0.352. The van der Waals surface area contributed by atoms with Crippen LogP contribution in [0.4, 0.5) is 0 Å². The average molecular weight is 302 g/mol. The molecular formula is C14H24ClN3O2. The number of carbonyl (C=O) groups excluding carboxylic acids is 1. The highest BCUT2D eigenvalue weighted by Gasteiger charge is 2.20. The van der Waals surface area contributed by atoms with Crippen LogP contribution in [0.3, 0.4) is 0 Å². The summed E-state index contributed by atoms with van der Waals surface area (Å²) in [5, 5.41) is 17.0. The first-order chi connectivity index (χ1) is 9.42. The predicted molar refractivity (Wildman–Crippen MR) is 80.2 cm³/mol. The number of aromatic nitrogens is 2. The SMILES string of the molecule is CCC(C)C(O)CNC(=O)c1c(C)nn(CCCl)c1C. The van der Waals surface area contributed by atoms with Crippen LogP contribution in [0, 0.1) is 19.8 Å². The quantitative estimate of drug-likeness (QED) is 0.756. The molecule has 0 aliphatic rings. The van der Waals surface area contributed by atoms with Crippen LogP contribution in [-0.4, -0.2) is 39.3 Å². The van der Waals surface area contributed by atoms with Crippen LogP contribution < -0.4 is 5.32 Å². The fraction of sp³-hybridized carbons (Fsp3) is 0.714. The van der Waals surface area contributed by atoms with Crippen molar-refractivity contribution in [2.45, 2.75) is 46.8 Å².